The van der Waals surface area contributed by atoms with E-state index in [0.717, 1.165) is 51.6 Å². The summed E-state index contributed by atoms with van der Waals surface area (Å²) in [6.07, 6.45) is 4.95. The molecule has 0 aliphatic carbocycles. The van der Waals surface area contributed by atoms with Crippen molar-refractivity contribution >= 4 is 5.96 Å². The lowest BCUT2D eigenvalue weighted by molar-refractivity contribution is 0.143. The van der Waals surface area contributed by atoms with Crippen LogP contribution >= 0.6 is 0 Å². The number of rotatable bonds is 11. The van der Waals surface area contributed by atoms with E-state index in [4.69, 9.17) is 9.73 Å². The Hall–Kier alpha value is -0.810. The van der Waals surface area contributed by atoms with Crippen LogP contribution in [0.4, 0.5) is 0 Å². The van der Waals surface area contributed by atoms with Gasteiger partial charge in [0.15, 0.2) is 5.96 Å². The second kappa shape index (κ2) is 12.7. The molecule has 0 radical (unpaired) electrons. The molecule has 1 aliphatic rings. The SMILES string of the molecule is CCNC(=NCC(C)CN1CCCC1)NCCCCOCC. The first-order valence-electron chi connectivity index (χ1n) is 9.08. The van der Waals surface area contributed by atoms with E-state index in [1.54, 1.807) is 0 Å². The summed E-state index contributed by atoms with van der Waals surface area (Å²) in [6.45, 7) is 14.6. The maximum absolute atomic E-state index is 5.35. The van der Waals surface area contributed by atoms with E-state index < -0.39 is 0 Å². The smallest absolute Gasteiger partial charge is 0.191 e. The highest BCUT2D eigenvalue weighted by Crippen LogP contribution is 2.10. The van der Waals surface area contributed by atoms with E-state index in [2.05, 4.69) is 29.4 Å². The van der Waals surface area contributed by atoms with Gasteiger partial charge in [-0.2, -0.15) is 0 Å². The summed E-state index contributed by atoms with van der Waals surface area (Å²) >= 11 is 0. The number of guanidine groups is 1. The Morgan fingerprint density at radius 2 is 1.95 bits per heavy atom. The van der Waals surface area contributed by atoms with Crippen molar-refractivity contribution in [1.82, 2.24) is 15.5 Å². The molecule has 1 rings (SSSR count). The van der Waals surface area contributed by atoms with Gasteiger partial charge in [0.1, 0.15) is 0 Å². The minimum Gasteiger partial charge on any atom is -0.382 e. The topological polar surface area (TPSA) is 48.9 Å². The van der Waals surface area contributed by atoms with Gasteiger partial charge in [0.25, 0.3) is 0 Å². The van der Waals surface area contributed by atoms with Crippen molar-refractivity contribution in [2.45, 2.75) is 46.5 Å². The van der Waals surface area contributed by atoms with Crippen LogP contribution < -0.4 is 10.6 Å². The number of nitrogens with zero attached hydrogens (tertiary/aromatic N) is 2. The average Bonchev–Trinajstić information content (AvgIpc) is 3.01. The number of aliphatic imine (C=N–C) groups is 1. The van der Waals surface area contributed by atoms with Gasteiger partial charge in [-0.15, -0.1) is 0 Å². The fourth-order valence-corrected chi connectivity index (χ4v) is 2.73. The average molecular weight is 313 g/mol. The van der Waals surface area contributed by atoms with E-state index in [-0.39, 0.29) is 0 Å². The zero-order valence-electron chi connectivity index (χ0n) is 14.9. The number of hydrogen-bond donors (Lipinski definition) is 2. The van der Waals surface area contributed by atoms with Crippen LogP contribution in [0.2, 0.25) is 0 Å². The molecule has 1 fully saturated rings. The van der Waals surface area contributed by atoms with Crippen LogP contribution in [0.5, 0.6) is 0 Å². The standard InChI is InChI=1S/C17H36N4O/c1-4-18-17(19-10-6-9-13-22-5-2)20-14-16(3)15-21-11-7-8-12-21/h16H,4-15H2,1-3H3,(H2,18,19,20). The van der Waals surface area contributed by atoms with Crippen LogP contribution in [-0.2, 0) is 4.74 Å². The Kier molecular flexibility index (Phi) is 11.1. The van der Waals surface area contributed by atoms with Gasteiger partial charge in [-0.3, -0.25) is 4.99 Å². The number of likely N-dealkylation sites (tertiary alicyclic amines) is 1. The summed E-state index contributed by atoms with van der Waals surface area (Å²) in [5.74, 6) is 1.57. The summed E-state index contributed by atoms with van der Waals surface area (Å²) in [4.78, 5) is 7.29. The van der Waals surface area contributed by atoms with Crippen molar-refractivity contribution in [3.8, 4) is 0 Å². The molecule has 0 aromatic rings. The van der Waals surface area contributed by atoms with E-state index in [1.165, 1.54) is 32.5 Å². The van der Waals surface area contributed by atoms with Gasteiger partial charge >= 0.3 is 0 Å². The second-order valence-corrected chi connectivity index (χ2v) is 6.16. The third-order valence-corrected chi connectivity index (χ3v) is 3.89. The number of hydrogen-bond acceptors (Lipinski definition) is 3. The van der Waals surface area contributed by atoms with Crippen LogP contribution in [0.3, 0.4) is 0 Å². The molecule has 130 valence electrons. The van der Waals surface area contributed by atoms with Crippen molar-refractivity contribution < 1.29 is 4.74 Å². The quantitative estimate of drug-likeness (QED) is 0.348. The van der Waals surface area contributed by atoms with E-state index >= 15 is 0 Å². The van der Waals surface area contributed by atoms with E-state index in [1.807, 2.05) is 6.92 Å². The van der Waals surface area contributed by atoms with Crippen molar-refractivity contribution in [3.05, 3.63) is 0 Å². The summed E-state index contributed by atoms with van der Waals surface area (Å²) in [5.41, 5.74) is 0. The Morgan fingerprint density at radius 3 is 2.64 bits per heavy atom. The molecule has 0 aromatic heterocycles. The van der Waals surface area contributed by atoms with Gasteiger partial charge in [-0.25, -0.2) is 0 Å². The molecule has 1 heterocycles. The van der Waals surface area contributed by atoms with Crippen molar-refractivity contribution in [2.75, 3.05) is 52.5 Å². The molecule has 1 atom stereocenters. The zero-order valence-corrected chi connectivity index (χ0v) is 14.9. The van der Waals surface area contributed by atoms with Crippen LogP contribution in [0.15, 0.2) is 4.99 Å². The molecular formula is C17H36N4O. The largest absolute Gasteiger partial charge is 0.382 e. The first kappa shape index (κ1) is 19.2. The van der Waals surface area contributed by atoms with Gasteiger partial charge in [0.05, 0.1) is 0 Å². The predicted molar refractivity (Wildman–Crippen MR) is 94.5 cm³/mol. The van der Waals surface area contributed by atoms with Crippen molar-refractivity contribution in [3.63, 3.8) is 0 Å². The lowest BCUT2D eigenvalue weighted by Gasteiger charge is -2.19. The second-order valence-electron chi connectivity index (χ2n) is 6.16. The third-order valence-electron chi connectivity index (χ3n) is 3.89. The first-order chi connectivity index (χ1) is 10.8. The van der Waals surface area contributed by atoms with E-state index in [0.29, 0.717) is 5.92 Å². The Labute approximate surface area is 136 Å². The molecule has 0 spiro atoms. The molecule has 1 unspecified atom stereocenters. The van der Waals surface area contributed by atoms with Gasteiger partial charge in [-0.1, -0.05) is 6.92 Å². The van der Waals surface area contributed by atoms with Crippen LogP contribution in [0.25, 0.3) is 0 Å². The van der Waals surface area contributed by atoms with Gasteiger partial charge in [-0.05, 0) is 58.5 Å². The van der Waals surface area contributed by atoms with E-state index in [9.17, 15) is 0 Å². The molecule has 5 heteroatoms. The highest BCUT2D eigenvalue weighted by Gasteiger charge is 2.14. The number of unbranched alkanes of at least 4 members (excludes halogenated alkanes) is 1. The molecule has 0 amide bonds. The van der Waals surface area contributed by atoms with Crippen LogP contribution in [-0.4, -0.2) is 63.3 Å². The lowest BCUT2D eigenvalue weighted by atomic mass is 10.2. The molecule has 1 aliphatic heterocycles. The molecule has 5 nitrogen and oxygen atoms in total. The fraction of sp³-hybridized carbons (Fsp3) is 0.941. The molecular weight excluding hydrogens is 276 g/mol. The van der Waals surface area contributed by atoms with Gasteiger partial charge in [0.2, 0.25) is 0 Å². The number of ether oxygens (including phenoxy) is 1. The maximum Gasteiger partial charge on any atom is 0.191 e. The summed E-state index contributed by atoms with van der Waals surface area (Å²) in [5, 5.41) is 6.74. The molecule has 1 saturated heterocycles. The van der Waals surface area contributed by atoms with Crippen molar-refractivity contribution in [2.24, 2.45) is 10.9 Å². The third kappa shape index (κ3) is 9.26. The normalized spacial score (nSPS) is 17.7. The van der Waals surface area contributed by atoms with Gasteiger partial charge in [0, 0.05) is 39.4 Å². The summed E-state index contributed by atoms with van der Waals surface area (Å²) in [6, 6.07) is 0. The molecule has 2 N–H and O–H groups in total. The fourth-order valence-electron chi connectivity index (χ4n) is 2.73. The molecule has 0 aromatic carbocycles. The number of nitrogens with one attached hydrogen (secondary N) is 2. The Balaban J connectivity index is 2.18. The summed E-state index contributed by atoms with van der Waals surface area (Å²) in [7, 11) is 0. The lowest BCUT2D eigenvalue weighted by Crippen LogP contribution is -2.38. The monoisotopic (exact) mass is 312 g/mol. The van der Waals surface area contributed by atoms with Crippen molar-refractivity contribution in [1.29, 1.82) is 0 Å². The Bertz CT molecular complexity index is 290. The molecule has 0 bridgehead atoms. The minimum absolute atomic E-state index is 0.617. The maximum atomic E-state index is 5.35. The molecule has 0 saturated carbocycles. The predicted octanol–water partition coefficient (Wildman–Crippen LogP) is 2.09. The highest BCUT2D eigenvalue weighted by atomic mass is 16.5. The van der Waals surface area contributed by atoms with Crippen LogP contribution in [0.1, 0.15) is 46.5 Å². The molecule has 22 heavy (non-hydrogen) atoms. The zero-order chi connectivity index (χ0) is 16.0. The van der Waals surface area contributed by atoms with Crippen LogP contribution in [0, 0.1) is 5.92 Å². The Morgan fingerprint density at radius 1 is 1.18 bits per heavy atom. The first-order valence-corrected chi connectivity index (χ1v) is 9.08. The van der Waals surface area contributed by atoms with Gasteiger partial charge < -0.3 is 20.3 Å². The highest BCUT2D eigenvalue weighted by molar-refractivity contribution is 5.79. The minimum atomic E-state index is 0.617. The summed E-state index contributed by atoms with van der Waals surface area (Å²) < 4.78 is 5.35.